The van der Waals surface area contributed by atoms with Crippen LogP contribution in [0.5, 0.6) is 0 Å². The molecule has 0 unspecified atom stereocenters. The maximum absolute atomic E-state index is 9.45. The lowest BCUT2D eigenvalue weighted by Crippen LogP contribution is -2.09. The molecule has 2 heteroatoms. The summed E-state index contributed by atoms with van der Waals surface area (Å²) in [7, 11) is 0. The fourth-order valence-electron chi connectivity index (χ4n) is 7.38. The number of fused-ring (bicyclic) bond motifs is 3. The van der Waals surface area contributed by atoms with Crippen LogP contribution in [0.3, 0.4) is 0 Å². The van der Waals surface area contributed by atoms with Crippen molar-refractivity contribution < 1.29 is 16.8 Å². The summed E-state index contributed by atoms with van der Waals surface area (Å²) in [5.41, 5.74) is 9.86. The lowest BCUT2D eigenvalue weighted by molar-refractivity contribution is 0.669. The number of furan rings is 1. The summed E-state index contributed by atoms with van der Waals surface area (Å²) in [5.74, 6) is 0. The molecular formula is C54H37NO. The van der Waals surface area contributed by atoms with E-state index in [0.29, 0.717) is 11.4 Å². The number of anilines is 3. The van der Waals surface area contributed by atoms with Crippen LogP contribution in [-0.2, 0) is 0 Å². The highest BCUT2D eigenvalue weighted by Crippen LogP contribution is 2.41. The standard InChI is InChI=1S/C54H37NO/c1-4-13-38(14-5-1)39-23-30-45(31-24-39)55(47-34-27-43(28-35-47)49-20-12-22-53-54(49)50-19-10-11-21-52(50)56-53)46-32-25-40(26-33-46)44-29-36-48(41-15-6-2-7-16-41)51(37-44)42-17-8-3-9-18-42/h1-37H/i1D,4D,5D,13D,14D,23D,24D,30D,31D. The van der Waals surface area contributed by atoms with Crippen LogP contribution in [-0.4, -0.2) is 0 Å². The summed E-state index contributed by atoms with van der Waals surface area (Å²) in [6.07, 6.45) is 0. The molecule has 1 aromatic heterocycles. The van der Waals surface area contributed by atoms with Crippen molar-refractivity contribution in [2.45, 2.75) is 0 Å². The van der Waals surface area contributed by atoms with Gasteiger partial charge in [-0.05, 0) is 110 Å². The van der Waals surface area contributed by atoms with Crippen molar-refractivity contribution in [1.82, 2.24) is 0 Å². The Morgan fingerprint density at radius 2 is 0.893 bits per heavy atom. The van der Waals surface area contributed by atoms with Gasteiger partial charge >= 0.3 is 0 Å². The summed E-state index contributed by atoms with van der Waals surface area (Å²) >= 11 is 0. The molecule has 0 aliphatic heterocycles. The minimum atomic E-state index is -0.631. The molecule has 1 heterocycles. The lowest BCUT2D eigenvalue weighted by atomic mass is 9.91. The van der Waals surface area contributed by atoms with Crippen molar-refractivity contribution in [3.05, 3.63) is 224 Å². The average molecular weight is 725 g/mol. The van der Waals surface area contributed by atoms with Gasteiger partial charge in [-0.3, -0.25) is 0 Å². The van der Waals surface area contributed by atoms with E-state index >= 15 is 0 Å². The second-order valence-electron chi connectivity index (χ2n) is 13.4. The largest absolute Gasteiger partial charge is 0.456 e. The minimum Gasteiger partial charge on any atom is -0.456 e. The van der Waals surface area contributed by atoms with Crippen LogP contribution in [0.15, 0.2) is 229 Å². The molecule has 0 saturated carbocycles. The quantitative estimate of drug-likeness (QED) is 0.155. The molecule has 0 aliphatic rings. The van der Waals surface area contributed by atoms with Gasteiger partial charge in [-0.15, -0.1) is 0 Å². The van der Waals surface area contributed by atoms with Gasteiger partial charge in [0.2, 0.25) is 0 Å². The van der Waals surface area contributed by atoms with Crippen LogP contribution < -0.4 is 4.90 Å². The summed E-state index contributed by atoms with van der Waals surface area (Å²) in [4.78, 5) is 1.67. The van der Waals surface area contributed by atoms with Crippen molar-refractivity contribution in [3.63, 3.8) is 0 Å². The van der Waals surface area contributed by atoms with Crippen LogP contribution >= 0.6 is 0 Å². The van der Waals surface area contributed by atoms with Gasteiger partial charge in [0.25, 0.3) is 0 Å². The molecule has 0 N–H and O–H groups in total. The van der Waals surface area contributed by atoms with Gasteiger partial charge in [-0.2, -0.15) is 0 Å². The zero-order valence-electron chi connectivity index (χ0n) is 39.0. The molecule has 0 atom stereocenters. The van der Waals surface area contributed by atoms with E-state index in [2.05, 4.69) is 42.5 Å². The summed E-state index contributed by atoms with van der Waals surface area (Å²) < 4.78 is 85.4. The van der Waals surface area contributed by atoms with Crippen LogP contribution in [0, 0.1) is 0 Å². The smallest absolute Gasteiger partial charge is 0.136 e. The van der Waals surface area contributed by atoms with Crippen LogP contribution in [0.1, 0.15) is 12.3 Å². The molecule has 10 rings (SSSR count). The zero-order valence-corrected chi connectivity index (χ0v) is 30.0. The van der Waals surface area contributed by atoms with E-state index in [1.807, 2.05) is 127 Å². The molecule has 0 bridgehead atoms. The van der Waals surface area contributed by atoms with Crippen molar-refractivity contribution in [2.75, 3.05) is 4.90 Å². The van der Waals surface area contributed by atoms with Crippen LogP contribution in [0.4, 0.5) is 17.1 Å². The Labute approximate surface area is 339 Å². The Kier molecular flexibility index (Phi) is 6.39. The first kappa shape index (κ1) is 24.8. The van der Waals surface area contributed by atoms with Crippen LogP contribution in [0.25, 0.3) is 77.6 Å². The minimum absolute atomic E-state index is 0.0712. The molecule has 0 radical (unpaired) electrons. The molecule has 0 aliphatic carbocycles. The van der Waals surface area contributed by atoms with E-state index in [9.17, 15) is 5.48 Å². The summed E-state index contributed by atoms with van der Waals surface area (Å²) in [6.45, 7) is 0. The number of benzene rings is 9. The van der Waals surface area contributed by atoms with Crippen molar-refractivity contribution in [3.8, 4) is 55.6 Å². The third-order valence-corrected chi connectivity index (χ3v) is 10.1. The maximum Gasteiger partial charge on any atom is 0.136 e. The van der Waals surface area contributed by atoms with Gasteiger partial charge in [0.15, 0.2) is 0 Å². The van der Waals surface area contributed by atoms with E-state index in [0.717, 1.165) is 66.4 Å². The predicted octanol–water partition coefficient (Wildman–Crippen LogP) is 15.4. The lowest BCUT2D eigenvalue weighted by Gasteiger charge is -2.26. The first-order chi connectivity index (χ1) is 31.5. The molecule has 0 amide bonds. The van der Waals surface area contributed by atoms with Crippen LogP contribution in [0.2, 0.25) is 0 Å². The number of rotatable bonds is 8. The summed E-state index contributed by atoms with van der Waals surface area (Å²) in [6, 6.07) is 50.9. The Bertz CT molecular complexity index is 3400. The number of hydrogen-bond donors (Lipinski definition) is 0. The highest BCUT2D eigenvalue weighted by Gasteiger charge is 2.17. The Hall–Kier alpha value is -7.42. The topological polar surface area (TPSA) is 16.4 Å². The third-order valence-electron chi connectivity index (χ3n) is 10.1. The van der Waals surface area contributed by atoms with Crippen molar-refractivity contribution >= 4 is 39.0 Å². The molecule has 9 aromatic carbocycles. The normalized spacial score (nSPS) is 13.5. The average Bonchev–Trinajstić information content (AvgIpc) is 3.74. The highest BCUT2D eigenvalue weighted by atomic mass is 16.3. The Morgan fingerprint density at radius 3 is 1.59 bits per heavy atom. The maximum atomic E-state index is 9.45. The van der Waals surface area contributed by atoms with E-state index < -0.39 is 59.9 Å². The van der Waals surface area contributed by atoms with Crippen molar-refractivity contribution in [2.24, 2.45) is 0 Å². The first-order valence-corrected chi connectivity index (χ1v) is 18.4. The molecule has 10 aromatic rings. The second kappa shape index (κ2) is 14.4. The molecule has 0 spiro atoms. The molecule has 2 nitrogen and oxygen atoms in total. The van der Waals surface area contributed by atoms with Crippen molar-refractivity contribution in [1.29, 1.82) is 0 Å². The molecule has 264 valence electrons. The molecular weight excluding hydrogens is 679 g/mol. The summed E-state index contributed by atoms with van der Waals surface area (Å²) in [5, 5.41) is 1.95. The van der Waals surface area contributed by atoms with Gasteiger partial charge in [-0.1, -0.05) is 170 Å². The number of hydrogen-bond acceptors (Lipinski definition) is 2. The molecule has 0 saturated heterocycles. The van der Waals surface area contributed by atoms with E-state index in [1.165, 1.54) is 0 Å². The van der Waals surface area contributed by atoms with E-state index in [-0.39, 0.29) is 11.3 Å². The van der Waals surface area contributed by atoms with Gasteiger partial charge in [-0.25, -0.2) is 0 Å². The van der Waals surface area contributed by atoms with Gasteiger partial charge in [0, 0.05) is 27.8 Å². The highest BCUT2D eigenvalue weighted by molar-refractivity contribution is 6.12. The fourth-order valence-corrected chi connectivity index (χ4v) is 7.38. The predicted molar refractivity (Wildman–Crippen MR) is 236 cm³/mol. The van der Waals surface area contributed by atoms with Gasteiger partial charge in [0.1, 0.15) is 11.2 Å². The Morgan fingerprint density at radius 1 is 0.339 bits per heavy atom. The monoisotopic (exact) mass is 724 g/mol. The van der Waals surface area contributed by atoms with E-state index in [4.69, 9.17) is 11.3 Å². The number of nitrogens with zero attached hydrogens (tertiary/aromatic N) is 1. The molecule has 56 heavy (non-hydrogen) atoms. The SMILES string of the molecule is [2H]c1c([2H])c([2H])c(-c2c([2H])c([2H])c(N(c3ccc(-c4ccc(-c5ccccc5)c(-c5ccccc5)c4)cc3)c3ccc(-c4cccc5oc6ccccc6c45)cc3)c([2H])c2[2H])c([2H])c1[2H]. The van der Waals surface area contributed by atoms with Gasteiger partial charge < -0.3 is 9.32 Å². The fraction of sp³-hybridized carbons (Fsp3) is 0. The zero-order chi connectivity index (χ0) is 45.1. The second-order valence-corrected chi connectivity index (χ2v) is 13.4. The Balaban J connectivity index is 1.13. The number of para-hydroxylation sites is 1. The van der Waals surface area contributed by atoms with E-state index in [1.54, 1.807) is 4.90 Å². The molecule has 0 fully saturated rings. The third kappa shape index (κ3) is 6.24. The first-order valence-electron chi connectivity index (χ1n) is 22.9. The van der Waals surface area contributed by atoms with Gasteiger partial charge in [0.05, 0.1) is 12.3 Å².